The molecule has 0 aliphatic rings. The number of aryl methyl sites for hydroxylation is 2. The van der Waals surface area contributed by atoms with Crippen molar-refractivity contribution in [3.8, 4) is 0 Å². The molecular weight excluding hydrogens is 404 g/mol. The first-order chi connectivity index (χ1) is 15.5. The van der Waals surface area contributed by atoms with Crippen LogP contribution in [0.15, 0.2) is 41.5 Å². The molecule has 0 unspecified atom stereocenters. The quantitative estimate of drug-likeness (QED) is 0.197. The Labute approximate surface area is 191 Å². The Morgan fingerprint density at radius 2 is 2.00 bits per heavy atom. The molecule has 0 saturated carbocycles. The van der Waals surface area contributed by atoms with E-state index >= 15 is 0 Å². The molecular formula is C25H36N4O3. The lowest BCUT2D eigenvalue weighted by Crippen LogP contribution is -2.25. The van der Waals surface area contributed by atoms with Crippen molar-refractivity contribution in [2.75, 3.05) is 36.6 Å². The van der Waals surface area contributed by atoms with Gasteiger partial charge in [-0.2, -0.15) is 5.10 Å². The van der Waals surface area contributed by atoms with Crippen LogP contribution in [-0.2, 0) is 16.0 Å². The van der Waals surface area contributed by atoms with Crippen molar-refractivity contribution < 1.29 is 14.6 Å². The average molecular weight is 441 g/mol. The molecule has 0 radical (unpaired) electrons. The molecule has 7 heteroatoms. The van der Waals surface area contributed by atoms with E-state index in [0.29, 0.717) is 25.3 Å². The lowest BCUT2D eigenvalue weighted by molar-refractivity contribution is -0.144. The summed E-state index contributed by atoms with van der Waals surface area (Å²) in [6.45, 7) is 8.48. The number of nitrogens with zero attached hydrogens (tertiary/aromatic N) is 3. The number of hydrogen-bond acceptors (Lipinski definition) is 7. The summed E-state index contributed by atoms with van der Waals surface area (Å²) in [5.41, 5.74) is 7.32. The number of carbonyl (C=O) groups is 1. The third-order valence-electron chi connectivity index (χ3n) is 4.81. The summed E-state index contributed by atoms with van der Waals surface area (Å²) < 4.78 is 5.14. The van der Waals surface area contributed by atoms with Crippen LogP contribution in [0.4, 0.5) is 11.5 Å². The van der Waals surface area contributed by atoms with E-state index in [2.05, 4.69) is 54.4 Å². The van der Waals surface area contributed by atoms with Crippen LogP contribution >= 0.6 is 0 Å². The number of rotatable bonds is 14. The molecule has 0 amide bonds. The number of aromatic nitrogens is 1. The molecule has 1 heterocycles. The lowest BCUT2D eigenvalue weighted by atomic mass is 10.2. The van der Waals surface area contributed by atoms with Gasteiger partial charge < -0.3 is 14.7 Å². The van der Waals surface area contributed by atoms with Crippen LogP contribution in [0.2, 0.25) is 0 Å². The minimum absolute atomic E-state index is 0.0315. The SMILES string of the molecule is CCCN(CCC)c1cc(CCCOC(=O)CCO)nc(N/N=C/c2cccc(C)c2)c1. The molecule has 174 valence electrons. The predicted octanol–water partition coefficient (Wildman–Crippen LogP) is 4.32. The van der Waals surface area contributed by atoms with Gasteiger partial charge in [0.2, 0.25) is 0 Å². The van der Waals surface area contributed by atoms with Crippen molar-refractivity contribution in [2.45, 2.75) is 52.9 Å². The fourth-order valence-corrected chi connectivity index (χ4v) is 3.38. The fraction of sp³-hybridized carbons (Fsp3) is 0.480. The predicted molar refractivity (Wildman–Crippen MR) is 130 cm³/mol. The number of nitrogens with one attached hydrogen (secondary N) is 1. The van der Waals surface area contributed by atoms with Crippen molar-refractivity contribution in [3.63, 3.8) is 0 Å². The Morgan fingerprint density at radius 3 is 2.69 bits per heavy atom. The second kappa shape index (κ2) is 14.2. The van der Waals surface area contributed by atoms with Crippen molar-refractivity contribution in [1.29, 1.82) is 0 Å². The summed E-state index contributed by atoms with van der Waals surface area (Å²) >= 11 is 0. The highest BCUT2D eigenvalue weighted by Crippen LogP contribution is 2.22. The smallest absolute Gasteiger partial charge is 0.308 e. The van der Waals surface area contributed by atoms with Gasteiger partial charge in [-0.1, -0.05) is 43.7 Å². The normalized spacial score (nSPS) is 11.0. The van der Waals surface area contributed by atoms with Crippen LogP contribution in [0.5, 0.6) is 0 Å². The number of benzene rings is 1. The number of ether oxygens (including phenoxy) is 1. The van der Waals surface area contributed by atoms with E-state index in [1.807, 2.05) is 18.2 Å². The van der Waals surface area contributed by atoms with E-state index in [1.165, 1.54) is 5.56 Å². The monoisotopic (exact) mass is 440 g/mol. The maximum atomic E-state index is 11.4. The van der Waals surface area contributed by atoms with Crippen molar-refractivity contribution in [1.82, 2.24) is 4.98 Å². The van der Waals surface area contributed by atoms with Crippen LogP contribution in [0, 0.1) is 6.92 Å². The van der Waals surface area contributed by atoms with Crippen molar-refractivity contribution in [2.24, 2.45) is 5.10 Å². The first-order valence-corrected chi connectivity index (χ1v) is 11.4. The molecule has 0 aliphatic heterocycles. The Morgan fingerprint density at radius 1 is 1.22 bits per heavy atom. The number of aliphatic hydroxyl groups is 1. The maximum Gasteiger partial charge on any atom is 0.308 e. The van der Waals surface area contributed by atoms with Gasteiger partial charge >= 0.3 is 5.97 Å². The van der Waals surface area contributed by atoms with Gasteiger partial charge in [-0.15, -0.1) is 0 Å². The zero-order valence-corrected chi connectivity index (χ0v) is 19.5. The number of anilines is 2. The van der Waals surface area contributed by atoms with Crippen molar-refractivity contribution >= 4 is 23.7 Å². The number of esters is 1. The molecule has 2 N–H and O–H groups in total. The van der Waals surface area contributed by atoms with Gasteiger partial charge in [-0.25, -0.2) is 4.98 Å². The summed E-state index contributed by atoms with van der Waals surface area (Å²) in [6, 6.07) is 12.3. The van der Waals surface area contributed by atoms with Gasteiger partial charge in [0.25, 0.3) is 0 Å². The minimum atomic E-state index is -0.376. The molecule has 32 heavy (non-hydrogen) atoms. The highest BCUT2D eigenvalue weighted by Gasteiger charge is 2.10. The van der Waals surface area contributed by atoms with Gasteiger partial charge in [0.15, 0.2) is 0 Å². The highest BCUT2D eigenvalue weighted by atomic mass is 16.5. The van der Waals surface area contributed by atoms with E-state index in [1.54, 1.807) is 6.21 Å². The number of carbonyl (C=O) groups excluding carboxylic acids is 1. The molecule has 1 aromatic heterocycles. The Bertz CT molecular complexity index is 864. The first-order valence-electron chi connectivity index (χ1n) is 11.4. The van der Waals surface area contributed by atoms with Crippen LogP contribution in [0.1, 0.15) is 56.4 Å². The first kappa shape index (κ1) is 25.3. The van der Waals surface area contributed by atoms with E-state index in [-0.39, 0.29) is 19.0 Å². The number of hydrogen-bond donors (Lipinski definition) is 2. The molecule has 2 aromatic rings. The second-order valence-corrected chi connectivity index (χ2v) is 7.77. The third kappa shape index (κ3) is 9.06. The summed E-state index contributed by atoms with van der Waals surface area (Å²) in [6.07, 6.45) is 5.30. The van der Waals surface area contributed by atoms with Gasteiger partial charge in [-0.05, 0) is 44.2 Å². The Hall–Kier alpha value is -2.93. The number of pyridine rings is 1. The third-order valence-corrected chi connectivity index (χ3v) is 4.81. The molecule has 0 saturated heterocycles. The largest absolute Gasteiger partial charge is 0.466 e. The number of hydrazone groups is 1. The zero-order valence-electron chi connectivity index (χ0n) is 19.5. The maximum absolute atomic E-state index is 11.4. The second-order valence-electron chi connectivity index (χ2n) is 7.77. The number of aliphatic hydroxyl groups excluding tert-OH is 1. The minimum Gasteiger partial charge on any atom is -0.466 e. The van der Waals surface area contributed by atoms with Crippen LogP contribution in [-0.4, -0.2) is 48.6 Å². The molecule has 0 bridgehead atoms. The summed E-state index contributed by atoms with van der Waals surface area (Å²) in [5.74, 6) is 0.315. The topological polar surface area (TPSA) is 87.0 Å². The van der Waals surface area contributed by atoms with Crippen molar-refractivity contribution in [3.05, 3.63) is 53.2 Å². The molecule has 0 fully saturated rings. The zero-order chi connectivity index (χ0) is 23.2. The van der Waals surface area contributed by atoms with E-state index in [9.17, 15) is 4.79 Å². The van der Waals surface area contributed by atoms with Crippen LogP contribution in [0.25, 0.3) is 0 Å². The van der Waals surface area contributed by atoms with E-state index < -0.39 is 0 Å². The molecule has 2 rings (SSSR count). The summed E-state index contributed by atoms with van der Waals surface area (Å²) in [7, 11) is 0. The van der Waals surface area contributed by atoms with E-state index in [4.69, 9.17) is 14.8 Å². The van der Waals surface area contributed by atoms with E-state index in [0.717, 1.165) is 42.9 Å². The highest BCUT2D eigenvalue weighted by molar-refractivity contribution is 5.80. The molecule has 1 aromatic carbocycles. The van der Waals surface area contributed by atoms with Gasteiger partial charge in [0, 0.05) is 30.5 Å². The molecule has 0 spiro atoms. The van der Waals surface area contributed by atoms with Crippen LogP contribution < -0.4 is 10.3 Å². The van der Waals surface area contributed by atoms with Gasteiger partial charge in [0.05, 0.1) is 25.8 Å². The molecule has 0 atom stereocenters. The average Bonchev–Trinajstić information content (AvgIpc) is 2.77. The summed E-state index contributed by atoms with van der Waals surface area (Å²) in [4.78, 5) is 18.5. The Kier molecular flexibility index (Phi) is 11.2. The lowest BCUT2D eigenvalue weighted by Gasteiger charge is -2.24. The summed E-state index contributed by atoms with van der Waals surface area (Å²) in [5, 5.41) is 13.2. The molecule has 7 nitrogen and oxygen atoms in total. The van der Waals surface area contributed by atoms with Gasteiger partial charge in [0.1, 0.15) is 5.82 Å². The molecule has 0 aliphatic carbocycles. The van der Waals surface area contributed by atoms with Crippen LogP contribution in [0.3, 0.4) is 0 Å². The Balaban J connectivity index is 2.12. The fourth-order valence-electron chi connectivity index (χ4n) is 3.38. The standard InChI is InChI=1S/C25H36N4O3/c1-4-12-29(13-5-2)23-17-22(10-7-15-32-25(31)11-14-30)27-24(18-23)28-26-19-21-9-6-8-20(3)16-21/h6,8-9,16-19,30H,4-5,7,10-15H2,1-3H3,(H,27,28)/b26-19+. The van der Waals surface area contributed by atoms with Gasteiger partial charge in [-0.3, -0.25) is 10.2 Å².